The third-order valence-electron chi connectivity index (χ3n) is 5.29. The third kappa shape index (κ3) is 5.33. The summed E-state index contributed by atoms with van der Waals surface area (Å²) in [5, 5.41) is 31.9. The number of aliphatic hydroxyl groups excluding tert-OH is 2. The first-order valence-electron chi connectivity index (χ1n) is 9.70. The number of nitrogens with zero attached hydrogens (tertiary/aromatic N) is 4. The molecular formula is C17H28N7O6S+. The van der Waals surface area contributed by atoms with Crippen molar-refractivity contribution in [1.29, 1.82) is 0 Å². The lowest BCUT2D eigenvalue weighted by Gasteiger charge is -2.31. The summed E-state index contributed by atoms with van der Waals surface area (Å²) in [7, 11) is -0.269. The number of carboxylic acids is 1. The second-order valence-electron chi connectivity index (χ2n) is 7.59. The van der Waals surface area contributed by atoms with E-state index in [1.165, 1.54) is 12.7 Å². The topological polar surface area (TPSA) is 208 Å². The third-order valence-corrected chi connectivity index (χ3v) is 7.12. The SMILES string of the molecule is C[S+](CC[C@H](N)C(=O)NCC(=O)O)C[C@H]1O[C@@H](N2C=NC3C(N)=NC=NC32)C(O)[C@H]1O. The van der Waals surface area contributed by atoms with Crippen LogP contribution < -0.4 is 16.8 Å². The molecule has 1 saturated heterocycles. The van der Waals surface area contributed by atoms with E-state index < -0.39 is 61.2 Å². The number of aliphatic carboxylic acids is 1. The highest BCUT2D eigenvalue weighted by Crippen LogP contribution is 2.30. The minimum absolute atomic E-state index is 0.269. The molecule has 0 aromatic heterocycles. The number of nitrogens with one attached hydrogen (secondary N) is 1. The van der Waals surface area contributed by atoms with E-state index in [4.69, 9.17) is 21.3 Å². The Hall–Kier alpha value is -2.26. The van der Waals surface area contributed by atoms with Gasteiger partial charge in [0.2, 0.25) is 5.91 Å². The van der Waals surface area contributed by atoms with E-state index in [2.05, 4.69) is 20.3 Å². The summed E-state index contributed by atoms with van der Waals surface area (Å²) < 4.78 is 5.96. The van der Waals surface area contributed by atoms with Crippen LogP contribution in [0.15, 0.2) is 15.0 Å². The van der Waals surface area contributed by atoms with E-state index in [9.17, 15) is 19.8 Å². The number of amidine groups is 1. The average molecular weight is 459 g/mol. The van der Waals surface area contributed by atoms with Crippen LogP contribution in [-0.4, -0.2) is 118 Å². The molecular weight excluding hydrogens is 430 g/mol. The largest absolute Gasteiger partial charge is 0.480 e. The molecule has 0 bridgehead atoms. The van der Waals surface area contributed by atoms with E-state index in [-0.39, 0.29) is 10.9 Å². The number of fused-ring (bicyclic) bond motifs is 1. The van der Waals surface area contributed by atoms with Crippen molar-refractivity contribution in [2.24, 2.45) is 26.4 Å². The summed E-state index contributed by atoms with van der Waals surface area (Å²) in [6.45, 7) is -0.477. The summed E-state index contributed by atoms with van der Waals surface area (Å²) in [4.78, 5) is 36.4. The molecule has 3 heterocycles. The van der Waals surface area contributed by atoms with Crippen LogP contribution in [0.2, 0.25) is 0 Å². The van der Waals surface area contributed by atoms with Crippen LogP contribution in [0, 0.1) is 0 Å². The summed E-state index contributed by atoms with van der Waals surface area (Å²) in [5.74, 6) is -0.292. The molecule has 3 aliphatic rings. The van der Waals surface area contributed by atoms with Gasteiger partial charge in [-0.1, -0.05) is 0 Å². The Morgan fingerprint density at radius 2 is 2.10 bits per heavy atom. The number of carbonyl (C=O) groups excluding carboxylic acids is 1. The maximum absolute atomic E-state index is 11.8. The Labute approximate surface area is 181 Å². The minimum atomic E-state index is -1.16. The number of nitrogens with two attached hydrogens (primary N) is 2. The highest BCUT2D eigenvalue weighted by Gasteiger charge is 2.51. The molecule has 3 aliphatic heterocycles. The molecule has 4 unspecified atom stereocenters. The van der Waals surface area contributed by atoms with Gasteiger partial charge >= 0.3 is 5.97 Å². The molecule has 0 aromatic rings. The molecule has 0 saturated carbocycles. The first kappa shape index (κ1) is 23.4. The van der Waals surface area contributed by atoms with Crippen LogP contribution in [0.3, 0.4) is 0 Å². The molecule has 172 valence electrons. The van der Waals surface area contributed by atoms with Gasteiger partial charge in [-0.3, -0.25) is 14.6 Å². The number of ether oxygens (including phenoxy) is 1. The smallest absolute Gasteiger partial charge is 0.322 e. The molecule has 0 aromatic carbocycles. The van der Waals surface area contributed by atoms with E-state index in [1.807, 2.05) is 6.26 Å². The first-order chi connectivity index (χ1) is 14.7. The number of hydrogen-bond donors (Lipinski definition) is 6. The van der Waals surface area contributed by atoms with Gasteiger partial charge in [0.15, 0.2) is 12.4 Å². The normalized spacial score (nSPS) is 33.7. The van der Waals surface area contributed by atoms with Crippen molar-refractivity contribution < 1.29 is 29.6 Å². The van der Waals surface area contributed by atoms with E-state index in [1.54, 1.807) is 4.90 Å². The molecule has 13 nitrogen and oxygen atoms in total. The maximum atomic E-state index is 11.8. The standard InChI is InChI=1S/C17H27N7O6S/c1-31(3-2-8(18)16(29)20-4-10(25)26)5-9-12(27)13(28)17(30-9)24-7-23-11-14(19)21-6-22-15(11)24/h6-9,11-13,15,17,27-28H,2-5,18H2,1H3,(H3-,19,20,21,22,25,26,29)/p+1/t8-,9+,11?,12-,13?,15?,17+,31?/m0/s1. The molecule has 14 heteroatoms. The van der Waals surface area contributed by atoms with Crippen LogP contribution in [0.4, 0.5) is 0 Å². The highest BCUT2D eigenvalue weighted by molar-refractivity contribution is 7.96. The number of aliphatic imine (C=N–C) groups is 3. The number of carboxylic acid groups (broad SMARTS) is 1. The van der Waals surface area contributed by atoms with E-state index in [0.29, 0.717) is 23.8 Å². The van der Waals surface area contributed by atoms with Gasteiger partial charge in [0.05, 0.1) is 18.6 Å². The first-order valence-corrected chi connectivity index (χ1v) is 11.7. The van der Waals surface area contributed by atoms with Crippen molar-refractivity contribution in [2.45, 2.75) is 49.2 Å². The molecule has 31 heavy (non-hydrogen) atoms. The summed E-state index contributed by atoms with van der Waals surface area (Å²) in [5.41, 5.74) is 11.7. The fourth-order valence-electron chi connectivity index (χ4n) is 3.54. The summed E-state index contributed by atoms with van der Waals surface area (Å²) >= 11 is 0. The maximum Gasteiger partial charge on any atom is 0.322 e. The lowest BCUT2D eigenvalue weighted by molar-refractivity contribution is -0.138. The number of hydrogen-bond acceptors (Lipinski definition) is 11. The summed E-state index contributed by atoms with van der Waals surface area (Å²) in [6.07, 6.45) is 0.967. The van der Waals surface area contributed by atoms with Crippen LogP contribution in [0.5, 0.6) is 0 Å². The average Bonchev–Trinajstić information content (AvgIpc) is 3.27. The zero-order valence-electron chi connectivity index (χ0n) is 16.9. The fraction of sp³-hybridized carbons (Fsp3) is 0.706. The van der Waals surface area contributed by atoms with Crippen molar-refractivity contribution in [1.82, 2.24) is 10.2 Å². The van der Waals surface area contributed by atoms with Gasteiger partial charge in [-0.15, -0.1) is 0 Å². The van der Waals surface area contributed by atoms with Crippen LogP contribution in [-0.2, 0) is 25.2 Å². The predicted molar refractivity (Wildman–Crippen MR) is 115 cm³/mol. The molecule has 8 N–H and O–H groups in total. The van der Waals surface area contributed by atoms with Crippen molar-refractivity contribution in [3.05, 3.63) is 0 Å². The van der Waals surface area contributed by atoms with Crippen LogP contribution in [0.1, 0.15) is 6.42 Å². The Morgan fingerprint density at radius 1 is 1.35 bits per heavy atom. The highest BCUT2D eigenvalue weighted by atomic mass is 32.2. The van der Waals surface area contributed by atoms with Gasteiger partial charge in [0.1, 0.15) is 54.6 Å². The molecule has 0 spiro atoms. The van der Waals surface area contributed by atoms with Crippen molar-refractivity contribution in [3.8, 4) is 0 Å². The van der Waals surface area contributed by atoms with E-state index in [0.717, 1.165) is 0 Å². The number of rotatable bonds is 9. The Bertz CT molecular complexity index is 780. The lowest BCUT2D eigenvalue weighted by atomic mass is 10.1. The fourth-order valence-corrected chi connectivity index (χ4v) is 5.20. The van der Waals surface area contributed by atoms with E-state index >= 15 is 0 Å². The predicted octanol–water partition coefficient (Wildman–Crippen LogP) is -3.96. The van der Waals surface area contributed by atoms with Crippen molar-refractivity contribution in [2.75, 3.05) is 24.3 Å². The Kier molecular flexibility index (Phi) is 7.48. The number of amides is 1. The second kappa shape index (κ2) is 9.91. The molecule has 0 radical (unpaired) electrons. The molecule has 0 aliphatic carbocycles. The van der Waals surface area contributed by atoms with Crippen LogP contribution >= 0.6 is 0 Å². The molecule has 1 fully saturated rings. The molecule has 8 atom stereocenters. The van der Waals surface area contributed by atoms with Crippen molar-refractivity contribution >= 4 is 41.3 Å². The molecule has 1 amide bonds. The monoisotopic (exact) mass is 458 g/mol. The van der Waals surface area contributed by atoms with Crippen LogP contribution in [0.25, 0.3) is 0 Å². The molecule has 3 rings (SSSR count). The zero-order chi connectivity index (χ0) is 22.7. The Morgan fingerprint density at radius 3 is 2.81 bits per heavy atom. The zero-order valence-corrected chi connectivity index (χ0v) is 17.8. The number of carbonyl (C=O) groups is 2. The quantitative estimate of drug-likeness (QED) is 0.186. The number of aliphatic hydroxyl groups is 2. The van der Waals surface area contributed by atoms with Gasteiger partial charge in [0, 0.05) is 6.42 Å². The Balaban J connectivity index is 1.50. The van der Waals surface area contributed by atoms with Gasteiger partial charge in [-0.05, 0) is 10.9 Å². The van der Waals surface area contributed by atoms with Crippen molar-refractivity contribution in [3.63, 3.8) is 0 Å². The van der Waals surface area contributed by atoms with Gasteiger partial charge in [0.25, 0.3) is 0 Å². The lowest BCUT2D eigenvalue weighted by Crippen LogP contribution is -2.51. The van der Waals surface area contributed by atoms with Gasteiger partial charge < -0.3 is 41.7 Å². The summed E-state index contributed by atoms with van der Waals surface area (Å²) in [6, 6.07) is -1.28. The van der Waals surface area contributed by atoms with Gasteiger partial charge in [-0.2, -0.15) is 0 Å². The minimum Gasteiger partial charge on any atom is -0.480 e. The second-order valence-corrected chi connectivity index (χ2v) is 9.90. The van der Waals surface area contributed by atoms with Gasteiger partial charge in [-0.25, -0.2) is 9.98 Å².